The van der Waals surface area contributed by atoms with Crippen molar-refractivity contribution >= 4 is 33.0 Å². The number of thiophene rings is 1. The lowest BCUT2D eigenvalue weighted by atomic mass is 10.1. The Kier molecular flexibility index (Phi) is 5.91. The van der Waals surface area contributed by atoms with Crippen molar-refractivity contribution in [2.45, 2.75) is 19.5 Å². The Balaban J connectivity index is 1.30. The molecule has 2 aromatic carbocycles. The van der Waals surface area contributed by atoms with Gasteiger partial charge in [0.15, 0.2) is 0 Å². The number of carbonyl (C=O) groups is 1. The highest BCUT2D eigenvalue weighted by Crippen LogP contribution is 2.27. The van der Waals surface area contributed by atoms with Gasteiger partial charge in [0.1, 0.15) is 0 Å². The normalized spacial score (nSPS) is 16.4. The zero-order chi connectivity index (χ0) is 20.2. The first-order chi connectivity index (χ1) is 14.1. The largest absolute Gasteiger partial charge is 0.325 e. The smallest absolute Gasteiger partial charge is 0.241 e. The lowest BCUT2D eigenvalue weighted by molar-refractivity contribution is -0.121. The number of carbonyl (C=O) groups excluding carboxylic acids is 1. The Bertz CT molecular complexity index is 1030. The second-order valence-electron chi connectivity index (χ2n) is 7.42. The van der Waals surface area contributed by atoms with Gasteiger partial charge in [-0.05, 0) is 53.6 Å². The highest BCUT2D eigenvalue weighted by Gasteiger charge is 2.26. The average molecular weight is 405 g/mol. The summed E-state index contributed by atoms with van der Waals surface area (Å²) in [4.78, 5) is 17.3. The van der Waals surface area contributed by atoms with Gasteiger partial charge in [0.2, 0.25) is 5.91 Å². The summed E-state index contributed by atoms with van der Waals surface area (Å²) < 4.78 is 1.34. The second kappa shape index (κ2) is 8.75. The van der Waals surface area contributed by atoms with Gasteiger partial charge < -0.3 is 5.32 Å². The van der Waals surface area contributed by atoms with E-state index in [1.165, 1.54) is 15.6 Å². The van der Waals surface area contributed by atoms with Crippen molar-refractivity contribution < 1.29 is 4.79 Å². The fourth-order valence-corrected chi connectivity index (χ4v) is 4.70. The zero-order valence-electron chi connectivity index (χ0n) is 16.5. The number of rotatable bonds is 5. The van der Waals surface area contributed by atoms with Gasteiger partial charge in [-0.25, -0.2) is 0 Å². The zero-order valence-corrected chi connectivity index (χ0v) is 17.3. The van der Waals surface area contributed by atoms with E-state index in [1.807, 2.05) is 18.3 Å². The predicted molar refractivity (Wildman–Crippen MR) is 118 cm³/mol. The molecule has 1 atom stereocenters. The van der Waals surface area contributed by atoms with Gasteiger partial charge in [-0.15, -0.1) is 11.3 Å². The molecule has 5 nitrogen and oxygen atoms in total. The molecule has 1 amide bonds. The van der Waals surface area contributed by atoms with Gasteiger partial charge >= 0.3 is 0 Å². The molecule has 1 N–H and O–H groups in total. The van der Waals surface area contributed by atoms with E-state index < -0.39 is 0 Å². The molecule has 4 rings (SSSR count). The average Bonchev–Trinajstić information content (AvgIpc) is 3.17. The monoisotopic (exact) mass is 404 g/mol. The summed E-state index contributed by atoms with van der Waals surface area (Å²) >= 11 is 1.81. The number of hydrogen-bond donors (Lipinski definition) is 1. The van der Waals surface area contributed by atoms with Crippen LogP contribution < -0.4 is 5.32 Å². The first-order valence-electron chi connectivity index (χ1n) is 9.86. The maximum atomic E-state index is 12.6. The molecule has 0 aliphatic carbocycles. The summed E-state index contributed by atoms with van der Waals surface area (Å²) in [6.45, 7) is 6.59. The van der Waals surface area contributed by atoms with E-state index in [4.69, 9.17) is 5.26 Å². The van der Waals surface area contributed by atoms with Crippen LogP contribution >= 0.6 is 11.3 Å². The Morgan fingerprint density at radius 2 is 1.86 bits per heavy atom. The first-order valence-corrected chi connectivity index (χ1v) is 10.7. The number of anilines is 1. The second-order valence-corrected chi connectivity index (χ2v) is 8.33. The molecule has 0 radical (unpaired) electrons. The summed E-state index contributed by atoms with van der Waals surface area (Å²) in [7, 11) is 0. The van der Waals surface area contributed by atoms with Crippen LogP contribution in [-0.2, 0) is 11.3 Å². The molecular formula is C23H24N4OS. The predicted octanol–water partition coefficient (Wildman–Crippen LogP) is 3.92. The molecule has 2 heterocycles. The van der Waals surface area contributed by atoms with E-state index >= 15 is 0 Å². The molecule has 148 valence electrons. The van der Waals surface area contributed by atoms with Crippen molar-refractivity contribution in [1.82, 2.24) is 9.80 Å². The summed E-state index contributed by atoms with van der Waals surface area (Å²) in [5, 5.41) is 15.5. The molecule has 0 bridgehead atoms. The highest BCUT2D eigenvalue weighted by atomic mass is 32.1. The quantitative estimate of drug-likeness (QED) is 0.700. The number of amides is 1. The van der Waals surface area contributed by atoms with E-state index in [1.54, 1.807) is 24.3 Å². The van der Waals surface area contributed by atoms with Gasteiger partial charge in [0.25, 0.3) is 0 Å². The molecule has 0 saturated carbocycles. The van der Waals surface area contributed by atoms with E-state index in [2.05, 4.69) is 50.8 Å². The minimum atomic E-state index is -0.185. The van der Waals surface area contributed by atoms with Gasteiger partial charge in [0.05, 0.1) is 17.7 Å². The van der Waals surface area contributed by atoms with Crippen molar-refractivity contribution in [3.8, 4) is 6.07 Å². The molecule has 29 heavy (non-hydrogen) atoms. The van der Waals surface area contributed by atoms with E-state index in [9.17, 15) is 4.79 Å². The fourth-order valence-electron chi connectivity index (χ4n) is 3.75. The van der Waals surface area contributed by atoms with Crippen molar-refractivity contribution in [1.29, 1.82) is 5.26 Å². The first kappa shape index (κ1) is 19.6. The van der Waals surface area contributed by atoms with Crippen LogP contribution in [0.3, 0.4) is 0 Å². The maximum absolute atomic E-state index is 12.6. The van der Waals surface area contributed by atoms with Crippen molar-refractivity contribution in [3.05, 3.63) is 65.0 Å². The van der Waals surface area contributed by atoms with Crippen LogP contribution in [0.4, 0.5) is 5.69 Å². The molecule has 3 aromatic rings. The number of nitrogens with one attached hydrogen (secondary N) is 1. The summed E-state index contributed by atoms with van der Waals surface area (Å²) in [6, 6.07) is 17.4. The lowest BCUT2D eigenvalue weighted by Crippen LogP contribution is -2.52. The van der Waals surface area contributed by atoms with Crippen LogP contribution in [0.1, 0.15) is 18.1 Å². The summed E-state index contributed by atoms with van der Waals surface area (Å²) in [5.74, 6) is -0.00742. The van der Waals surface area contributed by atoms with Crippen molar-refractivity contribution in [2.24, 2.45) is 0 Å². The minimum Gasteiger partial charge on any atom is -0.325 e. The maximum Gasteiger partial charge on any atom is 0.241 e. The Morgan fingerprint density at radius 3 is 2.59 bits per heavy atom. The number of piperazine rings is 1. The van der Waals surface area contributed by atoms with Crippen LogP contribution in [-0.4, -0.2) is 47.9 Å². The minimum absolute atomic E-state index is 0.00742. The van der Waals surface area contributed by atoms with E-state index in [0.29, 0.717) is 5.56 Å². The van der Waals surface area contributed by atoms with Crippen LogP contribution in [0, 0.1) is 11.3 Å². The molecule has 1 saturated heterocycles. The molecular weight excluding hydrogens is 380 g/mol. The van der Waals surface area contributed by atoms with Crippen molar-refractivity contribution in [2.75, 3.05) is 31.5 Å². The molecule has 1 aliphatic rings. The van der Waals surface area contributed by atoms with Crippen molar-refractivity contribution in [3.63, 3.8) is 0 Å². The van der Waals surface area contributed by atoms with E-state index in [0.717, 1.165) is 38.4 Å². The molecule has 1 fully saturated rings. The standard InChI is InChI=1S/C23H24N4OS/c1-17(23(28)25-20-8-6-18(14-24)7-9-20)27-12-10-26(11-13-27)15-19-16-29-22-5-3-2-4-21(19)22/h2-9,16-17H,10-13,15H2,1H3,(H,25,28)/t17-/m0/s1. The third kappa shape index (κ3) is 4.48. The van der Waals surface area contributed by atoms with Crippen LogP contribution in [0.25, 0.3) is 10.1 Å². The highest BCUT2D eigenvalue weighted by molar-refractivity contribution is 7.17. The number of nitriles is 1. The molecule has 0 unspecified atom stereocenters. The van der Waals surface area contributed by atoms with Gasteiger partial charge in [-0.2, -0.15) is 5.26 Å². The topological polar surface area (TPSA) is 59.4 Å². The Hall–Kier alpha value is -2.72. The Morgan fingerprint density at radius 1 is 1.14 bits per heavy atom. The summed E-state index contributed by atoms with van der Waals surface area (Å²) in [6.07, 6.45) is 0. The summed E-state index contributed by atoms with van der Waals surface area (Å²) in [5.41, 5.74) is 2.71. The SMILES string of the molecule is C[C@@H](C(=O)Nc1ccc(C#N)cc1)N1CCN(Cc2csc3ccccc23)CC1. The third-order valence-electron chi connectivity index (χ3n) is 5.57. The van der Waals surface area contributed by atoms with Crippen LogP contribution in [0.2, 0.25) is 0 Å². The lowest BCUT2D eigenvalue weighted by Gasteiger charge is -2.37. The molecule has 0 spiro atoms. The fraction of sp³-hybridized carbons (Fsp3) is 0.304. The van der Waals surface area contributed by atoms with Gasteiger partial charge in [0, 0.05) is 43.1 Å². The number of hydrogen-bond acceptors (Lipinski definition) is 5. The van der Waals surface area contributed by atoms with Crippen LogP contribution in [0.15, 0.2) is 53.9 Å². The van der Waals surface area contributed by atoms with Gasteiger partial charge in [-0.1, -0.05) is 18.2 Å². The van der Waals surface area contributed by atoms with E-state index in [-0.39, 0.29) is 11.9 Å². The number of nitrogens with zero attached hydrogens (tertiary/aromatic N) is 3. The molecule has 6 heteroatoms. The Labute approximate surface area is 175 Å². The number of benzene rings is 2. The van der Waals surface area contributed by atoms with Gasteiger partial charge in [-0.3, -0.25) is 14.6 Å². The van der Waals surface area contributed by atoms with Crippen LogP contribution in [0.5, 0.6) is 0 Å². The third-order valence-corrected chi connectivity index (χ3v) is 6.58. The molecule has 1 aliphatic heterocycles. The number of fused-ring (bicyclic) bond motifs is 1. The molecule has 1 aromatic heterocycles.